The monoisotopic (exact) mass is 307 g/mol. The first-order valence-electron chi connectivity index (χ1n) is 5.98. The first-order valence-corrected chi connectivity index (χ1v) is 6.77. The highest BCUT2D eigenvalue weighted by Crippen LogP contribution is 2.40. The van der Waals surface area contributed by atoms with Gasteiger partial charge in [-0.2, -0.15) is 0 Å². The fraction of sp³-hybridized carbons (Fsp3) is 0.385. The van der Waals surface area contributed by atoms with Crippen LogP contribution in [-0.2, 0) is 7.05 Å². The fourth-order valence-corrected chi connectivity index (χ4v) is 2.98. The molecule has 94 valence electrons. The zero-order valence-corrected chi connectivity index (χ0v) is 11.6. The van der Waals surface area contributed by atoms with E-state index in [1.54, 1.807) is 6.21 Å². The molecule has 3 rings (SSSR count). The normalized spacial score (nSPS) is 23.7. The molecule has 0 atom stereocenters. The lowest BCUT2D eigenvalue weighted by molar-refractivity contribution is 0.295. The van der Waals surface area contributed by atoms with Gasteiger partial charge in [0.2, 0.25) is 0 Å². The molecule has 1 aromatic carbocycles. The Hall–Kier alpha value is -1.36. The summed E-state index contributed by atoms with van der Waals surface area (Å²) in [5.74, 6) is 2.00. The van der Waals surface area contributed by atoms with Crippen molar-refractivity contribution in [2.75, 3.05) is 0 Å². The molecule has 0 amide bonds. The number of aromatic nitrogens is 2. The van der Waals surface area contributed by atoms with Crippen molar-refractivity contribution in [2.45, 2.75) is 18.8 Å². The second kappa shape index (κ2) is 4.39. The van der Waals surface area contributed by atoms with Crippen molar-refractivity contribution in [3.05, 3.63) is 28.5 Å². The number of halogens is 1. The SMILES string of the molecule is Cn1c(C2CC(C=NO)C2)nc2ccc(Br)cc21. The molecule has 1 N–H and O–H groups in total. The topological polar surface area (TPSA) is 50.4 Å². The molecule has 0 unspecified atom stereocenters. The molecule has 0 aliphatic heterocycles. The second-order valence-corrected chi connectivity index (χ2v) is 5.77. The molecule has 1 saturated carbocycles. The third-order valence-corrected chi connectivity index (χ3v) is 4.19. The van der Waals surface area contributed by atoms with Crippen LogP contribution in [0, 0.1) is 5.92 Å². The van der Waals surface area contributed by atoms with Crippen molar-refractivity contribution in [2.24, 2.45) is 18.1 Å². The van der Waals surface area contributed by atoms with Gasteiger partial charge in [-0.1, -0.05) is 15.9 Å². The first kappa shape index (κ1) is 11.7. The summed E-state index contributed by atoms with van der Waals surface area (Å²) < 4.78 is 3.24. The minimum atomic E-state index is 0.395. The van der Waals surface area contributed by atoms with E-state index in [2.05, 4.69) is 38.8 Å². The summed E-state index contributed by atoms with van der Waals surface area (Å²) in [6, 6.07) is 6.15. The van der Waals surface area contributed by atoms with Crippen LogP contribution in [0.5, 0.6) is 0 Å². The number of hydrogen-bond acceptors (Lipinski definition) is 3. The van der Waals surface area contributed by atoms with Gasteiger partial charge in [0.1, 0.15) is 5.82 Å². The lowest BCUT2D eigenvalue weighted by Crippen LogP contribution is -2.25. The van der Waals surface area contributed by atoms with Gasteiger partial charge < -0.3 is 9.77 Å². The predicted molar refractivity (Wildman–Crippen MR) is 74.2 cm³/mol. The van der Waals surface area contributed by atoms with Gasteiger partial charge in [-0.15, -0.1) is 5.16 Å². The number of rotatable bonds is 2. The number of fused-ring (bicyclic) bond motifs is 1. The largest absolute Gasteiger partial charge is 0.411 e. The first-order chi connectivity index (χ1) is 8.69. The van der Waals surface area contributed by atoms with Crippen LogP contribution in [0.1, 0.15) is 24.6 Å². The highest BCUT2D eigenvalue weighted by Gasteiger charge is 2.32. The smallest absolute Gasteiger partial charge is 0.112 e. The van der Waals surface area contributed by atoms with Crippen LogP contribution in [0.25, 0.3) is 11.0 Å². The minimum absolute atomic E-state index is 0.395. The van der Waals surface area contributed by atoms with Crippen LogP contribution < -0.4 is 0 Å². The molecular weight excluding hydrogens is 294 g/mol. The molecule has 0 radical (unpaired) electrons. The van der Waals surface area contributed by atoms with Crippen molar-refractivity contribution >= 4 is 33.2 Å². The fourth-order valence-electron chi connectivity index (χ4n) is 2.64. The van der Waals surface area contributed by atoms with Gasteiger partial charge in [-0.3, -0.25) is 0 Å². The van der Waals surface area contributed by atoms with Crippen LogP contribution in [-0.4, -0.2) is 21.0 Å². The standard InChI is InChI=1S/C13H14BrN3O/c1-17-12-6-10(14)2-3-11(12)16-13(17)9-4-8(5-9)7-15-18/h2-3,6-9,18H,4-5H2,1H3. The molecule has 0 saturated heterocycles. The van der Waals surface area contributed by atoms with Crippen LogP contribution in [0.3, 0.4) is 0 Å². The molecule has 4 nitrogen and oxygen atoms in total. The average Bonchev–Trinajstić information content (AvgIpc) is 2.61. The number of benzene rings is 1. The van der Waals surface area contributed by atoms with Gasteiger partial charge in [0.25, 0.3) is 0 Å². The van der Waals surface area contributed by atoms with Crippen molar-refractivity contribution in [1.29, 1.82) is 0 Å². The number of nitrogens with zero attached hydrogens (tertiary/aromatic N) is 3. The Kier molecular flexibility index (Phi) is 2.86. The maximum absolute atomic E-state index is 8.50. The summed E-state index contributed by atoms with van der Waals surface area (Å²) in [6.45, 7) is 0. The number of oxime groups is 1. The van der Waals surface area contributed by atoms with Gasteiger partial charge in [-0.05, 0) is 37.0 Å². The van der Waals surface area contributed by atoms with Gasteiger partial charge in [-0.25, -0.2) is 4.98 Å². The van der Waals surface area contributed by atoms with Crippen molar-refractivity contribution < 1.29 is 5.21 Å². The summed E-state index contributed by atoms with van der Waals surface area (Å²) in [5.41, 5.74) is 2.19. The van der Waals surface area contributed by atoms with Crippen LogP contribution in [0.15, 0.2) is 27.8 Å². The van der Waals surface area contributed by atoms with E-state index in [4.69, 9.17) is 10.2 Å². The Labute approximate surface area is 113 Å². The number of imidazole rings is 1. The third kappa shape index (κ3) is 1.82. The maximum Gasteiger partial charge on any atom is 0.112 e. The van der Waals surface area contributed by atoms with E-state index < -0.39 is 0 Å². The molecule has 1 aliphatic carbocycles. The van der Waals surface area contributed by atoms with Crippen LogP contribution in [0.4, 0.5) is 0 Å². The van der Waals surface area contributed by atoms with Gasteiger partial charge in [0, 0.05) is 23.7 Å². The van der Waals surface area contributed by atoms with E-state index in [0.29, 0.717) is 11.8 Å². The van der Waals surface area contributed by atoms with Gasteiger partial charge in [0.05, 0.1) is 11.0 Å². The summed E-state index contributed by atoms with van der Waals surface area (Å²) in [4.78, 5) is 4.71. The van der Waals surface area contributed by atoms with Crippen LogP contribution in [0.2, 0.25) is 0 Å². The Balaban J connectivity index is 1.92. The summed E-state index contributed by atoms with van der Waals surface area (Å²) in [7, 11) is 2.06. The van der Waals surface area contributed by atoms with E-state index in [1.165, 1.54) is 0 Å². The quantitative estimate of drug-likeness (QED) is 0.526. The van der Waals surface area contributed by atoms with Crippen molar-refractivity contribution in [3.8, 4) is 0 Å². The highest BCUT2D eigenvalue weighted by atomic mass is 79.9. The molecule has 18 heavy (non-hydrogen) atoms. The Morgan fingerprint density at radius 2 is 2.28 bits per heavy atom. The molecule has 5 heteroatoms. The van der Waals surface area contributed by atoms with Crippen LogP contribution >= 0.6 is 15.9 Å². The molecular formula is C13H14BrN3O. The minimum Gasteiger partial charge on any atom is -0.411 e. The Morgan fingerprint density at radius 3 is 3.00 bits per heavy atom. The second-order valence-electron chi connectivity index (χ2n) is 4.86. The zero-order valence-electron chi connectivity index (χ0n) is 10.0. The third-order valence-electron chi connectivity index (χ3n) is 3.69. The number of hydrogen-bond donors (Lipinski definition) is 1. The lowest BCUT2D eigenvalue weighted by Gasteiger charge is -2.31. The van der Waals surface area contributed by atoms with E-state index in [9.17, 15) is 0 Å². The molecule has 2 aromatic rings. The Bertz CT molecular complexity index is 614. The number of aryl methyl sites for hydroxylation is 1. The summed E-state index contributed by atoms with van der Waals surface area (Å²) >= 11 is 3.49. The van der Waals surface area contributed by atoms with Crippen molar-refractivity contribution in [3.63, 3.8) is 0 Å². The lowest BCUT2D eigenvalue weighted by atomic mass is 9.75. The average molecular weight is 308 g/mol. The molecule has 1 fully saturated rings. The van der Waals surface area contributed by atoms with E-state index in [-0.39, 0.29) is 0 Å². The molecule has 1 heterocycles. The maximum atomic E-state index is 8.50. The summed E-state index contributed by atoms with van der Waals surface area (Å²) in [6.07, 6.45) is 3.65. The molecule has 0 bridgehead atoms. The van der Waals surface area contributed by atoms with E-state index in [1.807, 2.05) is 12.1 Å². The van der Waals surface area contributed by atoms with Gasteiger partial charge in [0.15, 0.2) is 0 Å². The van der Waals surface area contributed by atoms with Crippen molar-refractivity contribution in [1.82, 2.24) is 9.55 Å². The predicted octanol–water partition coefficient (Wildman–Crippen LogP) is 3.29. The van der Waals surface area contributed by atoms with E-state index in [0.717, 1.165) is 34.2 Å². The molecule has 1 aromatic heterocycles. The van der Waals surface area contributed by atoms with Gasteiger partial charge >= 0.3 is 0 Å². The van der Waals surface area contributed by atoms with E-state index >= 15 is 0 Å². The zero-order chi connectivity index (χ0) is 12.7. The Morgan fingerprint density at radius 1 is 1.50 bits per heavy atom. The highest BCUT2D eigenvalue weighted by molar-refractivity contribution is 9.10. The molecule has 0 spiro atoms. The summed E-state index contributed by atoms with van der Waals surface area (Å²) in [5, 5.41) is 11.6. The molecule has 1 aliphatic rings.